The molecule has 1 atom stereocenters. The number of thioether (sulfide) groups is 1. The Morgan fingerprint density at radius 1 is 1.13 bits per heavy atom. The molecule has 2 fully saturated rings. The molecule has 1 aromatic carbocycles. The molecule has 0 radical (unpaired) electrons. The Hall–Kier alpha value is -0.930. The fourth-order valence-corrected chi connectivity index (χ4v) is 5.12. The number of rotatable bonds is 4. The van der Waals surface area contributed by atoms with Crippen molar-refractivity contribution < 1.29 is 0 Å². The van der Waals surface area contributed by atoms with Crippen LogP contribution in [-0.2, 0) is 6.42 Å². The number of hydrogen-bond donors (Lipinski definition) is 1. The summed E-state index contributed by atoms with van der Waals surface area (Å²) in [6.45, 7) is 1.33. The van der Waals surface area contributed by atoms with Gasteiger partial charge in [-0.25, -0.2) is 0 Å². The Kier molecular flexibility index (Phi) is 4.68. The molecule has 2 aromatic rings. The molecule has 1 saturated heterocycles. The molecule has 23 heavy (non-hydrogen) atoms. The van der Waals surface area contributed by atoms with Gasteiger partial charge in [-0.2, -0.15) is 0 Å². The van der Waals surface area contributed by atoms with Crippen LogP contribution in [0.5, 0.6) is 0 Å². The van der Waals surface area contributed by atoms with Crippen LogP contribution >= 0.6 is 11.8 Å². The zero-order valence-corrected chi connectivity index (χ0v) is 15.0. The molecule has 1 saturated carbocycles. The Labute approximate surface area is 144 Å². The lowest BCUT2D eigenvalue weighted by molar-refractivity contribution is 0.141. The van der Waals surface area contributed by atoms with Crippen LogP contribution < -0.4 is 0 Å². The van der Waals surface area contributed by atoms with E-state index in [0.717, 1.165) is 12.1 Å². The monoisotopic (exact) mass is 328 g/mol. The van der Waals surface area contributed by atoms with Crippen LogP contribution in [0.15, 0.2) is 29.3 Å². The summed E-state index contributed by atoms with van der Waals surface area (Å²) in [5.41, 5.74) is 2.81. The number of aromatic amines is 1. The standard InChI is InChI=1S/C20H28N2S/c1-23-18-9-10-20-19(13-18)15(14-21-20)12-17-8-5-11-22(17)16-6-3-2-4-7-16/h9-10,13-14,16-17,21H,2-8,11-12H2,1H3. The second-order valence-corrected chi connectivity index (χ2v) is 8.13. The topological polar surface area (TPSA) is 19.0 Å². The molecule has 2 nitrogen and oxygen atoms in total. The van der Waals surface area contributed by atoms with Gasteiger partial charge in [0.25, 0.3) is 0 Å². The van der Waals surface area contributed by atoms with E-state index in [0.29, 0.717) is 0 Å². The minimum Gasteiger partial charge on any atom is -0.361 e. The number of aromatic nitrogens is 1. The smallest absolute Gasteiger partial charge is 0.0457 e. The van der Waals surface area contributed by atoms with Crippen molar-refractivity contribution >= 4 is 22.7 Å². The van der Waals surface area contributed by atoms with Gasteiger partial charge in [-0.3, -0.25) is 4.90 Å². The SMILES string of the molecule is CSc1ccc2[nH]cc(CC3CCCN3C3CCCCC3)c2c1. The van der Waals surface area contributed by atoms with E-state index in [1.54, 1.807) is 0 Å². The zero-order valence-electron chi connectivity index (χ0n) is 14.2. The average molecular weight is 329 g/mol. The fourth-order valence-electron chi connectivity index (χ4n) is 4.68. The molecule has 2 aliphatic rings. The van der Waals surface area contributed by atoms with Gasteiger partial charge in [0.15, 0.2) is 0 Å². The van der Waals surface area contributed by atoms with Gasteiger partial charge in [0.05, 0.1) is 0 Å². The summed E-state index contributed by atoms with van der Waals surface area (Å²) in [7, 11) is 0. The van der Waals surface area contributed by atoms with Gasteiger partial charge in [0, 0.05) is 34.1 Å². The van der Waals surface area contributed by atoms with Crippen LogP contribution in [0.3, 0.4) is 0 Å². The van der Waals surface area contributed by atoms with Crippen molar-refractivity contribution in [3.8, 4) is 0 Å². The van der Waals surface area contributed by atoms with E-state index in [2.05, 4.69) is 40.5 Å². The van der Waals surface area contributed by atoms with E-state index in [9.17, 15) is 0 Å². The predicted octanol–water partition coefficient (Wildman–Crippen LogP) is 5.23. The van der Waals surface area contributed by atoms with E-state index < -0.39 is 0 Å². The first-order chi connectivity index (χ1) is 11.3. The number of fused-ring (bicyclic) bond motifs is 1. The van der Waals surface area contributed by atoms with Crippen molar-refractivity contribution in [1.29, 1.82) is 0 Å². The third-order valence-corrected chi connectivity index (χ3v) is 6.62. The molecule has 1 aliphatic carbocycles. The Morgan fingerprint density at radius 2 is 2.00 bits per heavy atom. The highest BCUT2D eigenvalue weighted by Gasteiger charge is 2.31. The molecule has 1 aliphatic heterocycles. The highest BCUT2D eigenvalue weighted by Crippen LogP contribution is 2.32. The highest BCUT2D eigenvalue weighted by atomic mass is 32.2. The molecular formula is C20H28N2S. The molecular weight excluding hydrogens is 300 g/mol. The maximum atomic E-state index is 3.48. The lowest BCUT2D eigenvalue weighted by Gasteiger charge is -2.35. The molecule has 0 spiro atoms. The van der Waals surface area contributed by atoms with Crippen molar-refractivity contribution in [3.63, 3.8) is 0 Å². The van der Waals surface area contributed by atoms with Gasteiger partial charge in [-0.15, -0.1) is 11.8 Å². The number of benzene rings is 1. The van der Waals surface area contributed by atoms with Crippen LogP contribution in [-0.4, -0.2) is 34.8 Å². The average Bonchev–Trinajstić information content (AvgIpc) is 3.23. The second-order valence-electron chi connectivity index (χ2n) is 7.26. The summed E-state index contributed by atoms with van der Waals surface area (Å²) in [6, 6.07) is 8.44. The van der Waals surface area contributed by atoms with Crippen molar-refractivity contribution in [2.75, 3.05) is 12.8 Å². The maximum absolute atomic E-state index is 3.48. The summed E-state index contributed by atoms with van der Waals surface area (Å²) < 4.78 is 0. The van der Waals surface area contributed by atoms with E-state index in [4.69, 9.17) is 0 Å². The Balaban J connectivity index is 1.54. The van der Waals surface area contributed by atoms with E-state index in [1.807, 2.05) is 11.8 Å². The van der Waals surface area contributed by atoms with Crippen LogP contribution in [0.1, 0.15) is 50.5 Å². The van der Waals surface area contributed by atoms with Gasteiger partial charge >= 0.3 is 0 Å². The summed E-state index contributed by atoms with van der Waals surface area (Å²) >= 11 is 1.84. The van der Waals surface area contributed by atoms with Crippen molar-refractivity contribution in [3.05, 3.63) is 30.0 Å². The number of H-pyrrole nitrogens is 1. The van der Waals surface area contributed by atoms with Gasteiger partial charge in [-0.05, 0) is 68.7 Å². The molecule has 0 bridgehead atoms. The number of likely N-dealkylation sites (tertiary alicyclic amines) is 1. The van der Waals surface area contributed by atoms with Crippen LogP contribution in [0.2, 0.25) is 0 Å². The number of hydrogen-bond acceptors (Lipinski definition) is 2. The van der Waals surface area contributed by atoms with Crippen LogP contribution in [0, 0.1) is 0 Å². The van der Waals surface area contributed by atoms with Crippen molar-refractivity contribution in [2.24, 2.45) is 0 Å². The van der Waals surface area contributed by atoms with Gasteiger partial charge < -0.3 is 4.98 Å². The molecule has 124 valence electrons. The summed E-state index contributed by atoms with van der Waals surface area (Å²) in [5.74, 6) is 0. The number of nitrogens with one attached hydrogen (secondary N) is 1. The normalized spacial score (nSPS) is 23.8. The maximum Gasteiger partial charge on any atom is 0.0457 e. The first-order valence-electron chi connectivity index (χ1n) is 9.25. The lowest BCUT2D eigenvalue weighted by Crippen LogP contribution is -2.41. The Morgan fingerprint density at radius 3 is 2.83 bits per heavy atom. The summed E-state index contributed by atoms with van der Waals surface area (Å²) in [6.07, 6.45) is 15.6. The summed E-state index contributed by atoms with van der Waals surface area (Å²) in [5, 5.41) is 1.44. The predicted molar refractivity (Wildman–Crippen MR) is 100 cm³/mol. The Bertz CT molecular complexity index is 657. The van der Waals surface area contributed by atoms with Crippen molar-refractivity contribution in [1.82, 2.24) is 9.88 Å². The molecule has 1 N–H and O–H groups in total. The molecule has 4 rings (SSSR count). The highest BCUT2D eigenvalue weighted by molar-refractivity contribution is 7.98. The lowest BCUT2D eigenvalue weighted by atomic mass is 9.93. The van der Waals surface area contributed by atoms with Crippen LogP contribution in [0.4, 0.5) is 0 Å². The number of nitrogens with zero attached hydrogens (tertiary/aromatic N) is 1. The minimum atomic E-state index is 0.759. The minimum absolute atomic E-state index is 0.759. The first-order valence-corrected chi connectivity index (χ1v) is 10.5. The molecule has 1 aromatic heterocycles. The van der Waals surface area contributed by atoms with Crippen LogP contribution in [0.25, 0.3) is 10.9 Å². The molecule has 2 heterocycles. The summed E-state index contributed by atoms with van der Waals surface area (Å²) in [4.78, 5) is 7.71. The largest absolute Gasteiger partial charge is 0.361 e. The van der Waals surface area contributed by atoms with Gasteiger partial charge in [0.1, 0.15) is 0 Å². The molecule has 0 amide bonds. The van der Waals surface area contributed by atoms with E-state index in [1.165, 1.54) is 79.3 Å². The fraction of sp³-hybridized carbons (Fsp3) is 0.600. The zero-order chi connectivity index (χ0) is 15.6. The molecule has 3 heteroatoms. The van der Waals surface area contributed by atoms with E-state index in [-0.39, 0.29) is 0 Å². The molecule has 1 unspecified atom stereocenters. The third-order valence-electron chi connectivity index (χ3n) is 5.90. The van der Waals surface area contributed by atoms with E-state index >= 15 is 0 Å². The van der Waals surface area contributed by atoms with Crippen molar-refractivity contribution in [2.45, 2.75) is 68.3 Å². The van der Waals surface area contributed by atoms with Gasteiger partial charge in [0.2, 0.25) is 0 Å². The first kappa shape index (κ1) is 15.6. The quantitative estimate of drug-likeness (QED) is 0.775. The second kappa shape index (κ2) is 6.90. The van der Waals surface area contributed by atoms with Gasteiger partial charge in [-0.1, -0.05) is 19.3 Å². The third kappa shape index (κ3) is 3.18.